The third-order valence-corrected chi connectivity index (χ3v) is 3.36. The molecule has 1 heterocycles. The van der Waals surface area contributed by atoms with E-state index < -0.39 is 10.7 Å². The Kier molecular flexibility index (Phi) is 4.37. The van der Waals surface area contributed by atoms with Crippen molar-refractivity contribution in [1.29, 1.82) is 0 Å². The Morgan fingerprint density at radius 2 is 2.14 bits per heavy atom. The molecule has 0 saturated heterocycles. The molecule has 0 aliphatic rings. The molecule has 1 aromatic heterocycles. The fourth-order valence-corrected chi connectivity index (χ4v) is 2.14. The molecule has 0 saturated carbocycles. The molecular formula is C14H13ClFN3O2. The molecule has 1 atom stereocenters. The number of rotatable bonds is 4. The maximum absolute atomic E-state index is 12.8. The average molecular weight is 310 g/mol. The largest absolute Gasteiger partial charge is 0.377 e. The first-order chi connectivity index (χ1) is 9.88. The topological polar surface area (TPSA) is 68.1 Å². The molecule has 2 aromatic rings. The van der Waals surface area contributed by atoms with Gasteiger partial charge in [0, 0.05) is 11.8 Å². The van der Waals surface area contributed by atoms with Gasteiger partial charge < -0.3 is 5.32 Å². The number of anilines is 1. The van der Waals surface area contributed by atoms with Crippen molar-refractivity contribution in [2.24, 2.45) is 0 Å². The molecule has 1 aromatic carbocycles. The maximum atomic E-state index is 12.8. The first-order valence-corrected chi connectivity index (χ1v) is 6.59. The summed E-state index contributed by atoms with van der Waals surface area (Å²) in [5, 5.41) is 14.0. The van der Waals surface area contributed by atoms with Crippen LogP contribution >= 0.6 is 11.6 Å². The van der Waals surface area contributed by atoms with E-state index in [2.05, 4.69) is 10.3 Å². The predicted molar refractivity (Wildman–Crippen MR) is 79.1 cm³/mol. The van der Waals surface area contributed by atoms with Crippen LogP contribution in [0.5, 0.6) is 0 Å². The molecule has 0 amide bonds. The van der Waals surface area contributed by atoms with Crippen molar-refractivity contribution in [2.45, 2.75) is 19.9 Å². The summed E-state index contributed by atoms with van der Waals surface area (Å²) in [6, 6.07) is 5.64. The summed E-state index contributed by atoms with van der Waals surface area (Å²) in [7, 11) is 0. The highest BCUT2D eigenvalue weighted by Crippen LogP contribution is 2.32. The highest BCUT2D eigenvalue weighted by atomic mass is 35.5. The molecule has 0 aliphatic heterocycles. The lowest BCUT2D eigenvalue weighted by Gasteiger charge is -2.17. The summed E-state index contributed by atoms with van der Waals surface area (Å²) < 4.78 is 12.8. The number of nitrogens with one attached hydrogen (secondary N) is 1. The van der Waals surface area contributed by atoms with Crippen molar-refractivity contribution in [3.05, 3.63) is 62.7 Å². The lowest BCUT2D eigenvalue weighted by Crippen LogP contribution is -2.09. The second kappa shape index (κ2) is 6.05. The highest BCUT2D eigenvalue weighted by Gasteiger charge is 2.16. The molecule has 0 fully saturated rings. The van der Waals surface area contributed by atoms with E-state index >= 15 is 0 Å². The second-order valence-electron chi connectivity index (χ2n) is 4.64. The summed E-state index contributed by atoms with van der Waals surface area (Å²) in [6.45, 7) is 3.60. The quantitative estimate of drug-likeness (QED) is 0.676. The summed E-state index contributed by atoms with van der Waals surface area (Å²) >= 11 is 5.90. The Labute approximate surface area is 125 Å². The summed E-state index contributed by atoms with van der Waals surface area (Å²) in [6.07, 6.45) is 1.14. The molecule has 21 heavy (non-hydrogen) atoms. The van der Waals surface area contributed by atoms with Crippen LogP contribution in [0.2, 0.25) is 5.02 Å². The van der Waals surface area contributed by atoms with E-state index in [1.165, 1.54) is 18.2 Å². The minimum atomic E-state index is -0.524. The van der Waals surface area contributed by atoms with Crippen LogP contribution in [-0.2, 0) is 0 Å². The van der Waals surface area contributed by atoms with Crippen LogP contribution in [0.3, 0.4) is 0 Å². The number of aryl methyl sites for hydroxylation is 1. The van der Waals surface area contributed by atoms with E-state index in [0.717, 1.165) is 6.20 Å². The fourth-order valence-electron chi connectivity index (χ4n) is 1.91. The third-order valence-electron chi connectivity index (χ3n) is 3.06. The Morgan fingerprint density at radius 1 is 1.43 bits per heavy atom. The van der Waals surface area contributed by atoms with Crippen molar-refractivity contribution in [1.82, 2.24) is 4.98 Å². The highest BCUT2D eigenvalue weighted by molar-refractivity contribution is 6.33. The molecule has 1 unspecified atom stereocenters. The van der Waals surface area contributed by atoms with Gasteiger partial charge in [0.15, 0.2) is 0 Å². The zero-order valence-corrected chi connectivity index (χ0v) is 12.2. The van der Waals surface area contributed by atoms with Crippen LogP contribution in [0.1, 0.15) is 24.2 Å². The van der Waals surface area contributed by atoms with Crippen LogP contribution < -0.4 is 5.32 Å². The van der Waals surface area contributed by atoms with Crippen LogP contribution in [0, 0.1) is 22.9 Å². The Bertz CT molecular complexity index is 677. The van der Waals surface area contributed by atoms with Crippen molar-refractivity contribution < 1.29 is 9.31 Å². The minimum Gasteiger partial charge on any atom is -0.377 e. The van der Waals surface area contributed by atoms with E-state index in [9.17, 15) is 14.5 Å². The SMILES string of the molecule is Cc1cc([N+](=O)[O-])c(Cl)cc1NC(C)c1ccc(F)cn1. The average Bonchev–Trinajstić information content (AvgIpc) is 2.42. The molecule has 110 valence electrons. The number of nitro groups is 1. The molecule has 5 nitrogen and oxygen atoms in total. The summed E-state index contributed by atoms with van der Waals surface area (Å²) in [4.78, 5) is 14.3. The fraction of sp³-hybridized carbons (Fsp3) is 0.214. The number of nitro benzene ring substituents is 1. The molecule has 0 aliphatic carbocycles. The number of nitrogens with zero attached hydrogens (tertiary/aromatic N) is 2. The Hall–Kier alpha value is -2.21. The predicted octanol–water partition coefficient (Wildman–Crippen LogP) is 4.26. The van der Waals surface area contributed by atoms with Gasteiger partial charge in [-0.05, 0) is 37.6 Å². The third kappa shape index (κ3) is 3.46. The van der Waals surface area contributed by atoms with Gasteiger partial charge in [-0.3, -0.25) is 15.1 Å². The van der Waals surface area contributed by atoms with E-state index in [1.54, 1.807) is 13.0 Å². The zero-order chi connectivity index (χ0) is 15.6. The minimum absolute atomic E-state index is 0.0624. The van der Waals surface area contributed by atoms with Gasteiger partial charge in [0.05, 0.1) is 22.9 Å². The van der Waals surface area contributed by atoms with E-state index in [1.807, 2.05) is 6.92 Å². The molecular weight excluding hydrogens is 297 g/mol. The van der Waals surface area contributed by atoms with Crippen LogP contribution in [0.4, 0.5) is 15.8 Å². The van der Waals surface area contributed by atoms with Gasteiger partial charge in [-0.1, -0.05) is 11.6 Å². The Morgan fingerprint density at radius 3 is 2.71 bits per heavy atom. The maximum Gasteiger partial charge on any atom is 0.288 e. The van der Waals surface area contributed by atoms with Gasteiger partial charge in [-0.25, -0.2) is 4.39 Å². The van der Waals surface area contributed by atoms with Crippen molar-refractivity contribution in [3.8, 4) is 0 Å². The molecule has 0 spiro atoms. The number of benzene rings is 1. The molecule has 0 bridgehead atoms. The molecule has 1 N–H and O–H groups in total. The van der Waals surface area contributed by atoms with Gasteiger partial charge in [-0.15, -0.1) is 0 Å². The number of hydrogen-bond acceptors (Lipinski definition) is 4. The first-order valence-electron chi connectivity index (χ1n) is 6.21. The molecule has 2 rings (SSSR count). The second-order valence-corrected chi connectivity index (χ2v) is 5.05. The number of aromatic nitrogens is 1. The Balaban J connectivity index is 2.25. The first kappa shape index (κ1) is 15.2. The van der Waals surface area contributed by atoms with Gasteiger partial charge in [0.25, 0.3) is 5.69 Å². The number of halogens is 2. The summed E-state index contributed by atoms with van der Waals surface area (Å²) in [5.41, 5.74) is 1.89. The monoisotopic (exact) mass is 309 g/mol. The van der Waals surface area contributed by atoms with Crippen molar-refractivity contribution in [3.63, 3.8) is 0 Å². The van der Waals surface area contributed by atoms with Crippen LogP contribution in [-0.4, -0.2) is 9.91 Å². The van der Waals surface area contributed by atoms with E-state index in [4.69, 9.17) is 11.6 Å². The molecule has 0 radical (unpaired) electrons. The number of hydrogen-bond donors (Lipinski definition) is 1. The van der Waals surface area contributed by atoms with Gasteiger partial charge in [0.2, 0.25) is 0 Å². The number of pyridine rings is 1. The van der Waals surface area contributed by atoms with Crippen molar-refractivity contribution >= 4 is 23.0 Å². The molecule has 7 heteroatoms. The van der Waals surface area contributed by atoms with Gasteiger partial charge in [-0.2, -0.15) is 0 Å². The lowest BCUT2D eigenvalue weighted by molar-refractivity contribution is -0.384. The zero-order valence-electron chi connectivity index (χ0n) is 11.4. The van der Waals surface area contributed by atoms with E-state index in [0.29, 0.717) is 16.9 Å². The van der Waals surface area contributed by atoms with Crippen molar-refractivity contribution in [2.75, 3.05) is 5.32 Å². The van der Waals surface area contributed by atoms with Gasteiger partial charge in [0.1, 0.15) is 10.8 Å². The van der Waals surface area contributed by atoms with Crippen LogP contribution in [0.15, 0.2) is 30.5 Å². The normalized spacial score (nSPS) is 12.0. The standard InChI is InChI=1S/C14H13ClFN3O2/c1-8-5-14(19(20)21)11(15)6-13(8)18-9(2)12-4-3-10(16)7-17-12/h3-7,9,18H,1-2H3. The van der Waals surface area contributed by atoms with Gasteiger partial charge >= 0.3 is 0 Å². The summed E-state index contributed by atoms with van der Waals surface area (Å²) in [5.74, 6) is -0.402. The smallest absolute Gasteiger partial charge is 0.288 e. The lowest BCUT2D eigenvalue weighted by atomic mass is 10.1. The van der Waals surface area contributed by atoms with E-state index in [-0.39, 0.29) is 16.8 Å². The van der Waals surface area contributed by atoms with Crippen LogP contribution in [0.25, 0.3) is 0 Å².